The van der Waals surface area contributed by atoms with Gasteiger partial charge >= 0.3 is 32.5 Å². The molecule has 0 bridgehead atoms. The summed E-state index contributed by atoms with van der Waals surface area (Å²) in [6.07, 6.45) is -7.16. The Morgan fingerprint density at radius 2 is 0.850 bits per heavy atom. The summed E-state index contributed by atoms with van der Waals surface area (Å²) in [4.78, 5) is 2.46. The Kier molecular flexibility index (Phi) is 10.8. The largest absolute Gasteiger partial charge is 0.743 e. The quantitative estimate of drug-likeness (QED) is 0.170. The SMILES string of the molecule is C.O=S(=O)([O-])C(F)(F)C(F)(F)C(F)(F)C(F)(F)F.O=S(=O)=[S+](c1ccccc1)(c1ccccc1)c1ccccc1. The van der Waals surface area contributed by atoms with Gasteiger partial charge in [-0.1, -0.05) is 62.0 Å². The second kappa shape index (κ2) is 12.3. The number of halogens is 9. The summed E-state index contributed by atoms with van der Waals surface area (Å²) in [5.74, 6) is -14.8. The lowest BCUT2D eigenvalue weighted by Gasteiger charge is -2.34. The standard InChI is InChI=1S/C18H15O2S2.C4HF9O3S.CH4/c19-21(20)22(16-10-4-1-5-11-16,17-12-6-2-7-13-17)18-14-8-3-9-15-18;5-1(6,3(9,10)11)2(7,8)4(12,13)17(14,15)16;/h1-15H;(H,14,15,16);1H4/q+1;;/p-1. The van der Waals surface area contributed by atoms with Crippen LogP contribution in [-0.4, -0.2) is 44.7 Å². The molecule has 0 aliphatic rings. The molecule has 3 aromatic carbocycles. The minimum absolute atomic E-state index is 0. The highest BCUT2D eigenvalue weighted by atomic mass is 32.9. The number of hydrogen-bond donors (Lipinski definition) is 0. The lowest BCUT2D eigenvalue weighted by atomic mass is 10.1. The molecule has 222 valence electrons. The van der Waals surface area contributed by atoms with E-state index in [1.54, 1.807) is 0 Å². The Bertz CT molecular complexity index is 1430. The van der Waals surface area contributed by atoms with E-state index in [0.717, 1.165) is 14.7 Å². The molecular weight excluding hydrogens is 623 g/mol. The molecule has 3 rings (SSSR count). The van der Waals surface area contributed by atoms with Crippen LogP contribution in [0, 0.1) is 0 Å². The van der Waals surface area contributed by atoms with Gasteiger partial charge in [0.05, 0.1) is 8.59 Å². The van der Waals surface area contributed by atoms with E-state index in [9.17, 15) is 60.9 Å². The average Bonchev–Trinajstić information content (AvgIpc) is 2.85. The van der Waals surface area contributed by atoms with Gasteiger partial charge < -0.3 is 4.55 Å². The summed E-state index contributed by atoms with van der Waals surface area (Å²) in [6, 6.07) is 28.4. The predicted molar refractivity (Wildman–Crippen MR) is 128 cm³/mol. The van der Waals surface area contributed by atoms with Crippen LogP contribution < -0.4 is 0 Å². The monoisotopic (exact) mass is 642 g/mol. The minimum Gasteiger partial charge on any atom is -0.743 e. The third-order valence-electron chi connectivity index (χ3n) is 4.86. The van der Waals surface area contributed by atoms with Crippen molar-refractivity contribution in [3.8, 4) is 0 Å². The lowest BCUT2D eigenvalue weighted by Crippen LogP contribution is -2.63. The minimum atomic E-state index is -7.43. The zero-order valence-corrected chi connectivity index (χ0v) is 21.3. The van der Waals surface area contributed by atoms with Crippen LogP contribution in [-0.2, 0) is 28.0 Å². The van der Waals surface area contributed by atoms with Gasteiger partial charge in [0.15, 0.2) is 10.1 Å². The third kappa shape index (κ3) is 6.21. The van der Waals surface area contributed by atoms with E-state index in [-0.39, 0.29) is 7.43 Å². The van der Waals surface area contributed by atoms with Crippen molar-refractivity contribution >= 4 is 28.0 Å². The summed E-state index contributed by atoms with van der Waals surface area (Å²) in [5, 5.41) is -7.11. The smallest absolute Gasteiger partial charge is 0.460 e. The van der Waals surface area contributed by atoms with Gasteiger partial charge in [-0.2, -0.15) is 39.5 Å². The van der Waals surface area contributed by atoms with Crippen LogP contribution in [0.3, 0.4) is 0 Å². The van der Waals surface area contributed by atoms with Crippen molar-refractivity contribution in [2.75, 3.05) is 0 Å². The van der Waals surface area contributed by atoms with Crippen molar-refractivity contribution in [1.82, 2.24) is 0 Å². The fourth-order valence-electron chi connectivity index (χ4n) is 3.00. The highest BCUT2D eigenvalue weighted by Gasteiger charge is 2.83. The molecule has 0 fully saturated rings. The van der Waals surface area contributed by atoms with E-state index in [1.165, 1.54) is 0 Å². The Morgan fingerprint density at radius 3 is 1.05 bits per heavy atom. The van der Waals surface area contributed by atoms with Gasteiger partial charge in [0, 0.05) is 0 Å². The Balaban J connectivity index is 0.000000406. The van der Waals surface area contributed by atoms with E-state index in [4.69, 9.17) is 0 Å². The molecule has 0 saturated carbocycles. The molecule has 17 heteroatoms. The first-order chi connectivity index (χ1) is 17.8. The van der Waals surface area contributed by atoms with Crippen LogP contribution in [0.15, 0.2) is 106 Å². The number of hydrogen-bond acceptors (Lipinski definition) is 5. The molecule has 0 unspecified atom stereocenters. The molecule has 0 heterocycles. The van der Waals surface area contributed by atoms with E-state index < -0.39 is 51.2 Å². The molecule has 0 atom stereocenters. The number of alkyl halides is 9. The fraction of sp³-hybridized carbons (Fsp3) is 0.217. The van der Waals surface area contributed by atoms with Crippen molar-refractivity contribution < 1.29 is 60.9 Å². The summed E-state index contributed by atoms with van der Waals surface area (Å²) < 4.78 is 160. The number of rotatable bonds is 6. The van der Waals surface area contributed by atoms with Crippen LogP contribution in [0.5, 0.6) is 0 Å². The lowest BCUT2D eigenvalue weighted by molar-refractivity contribution is -0.382. The van der Waals surface area contributed by atoms with Crippen LogP contribution in [0.1, 0.15) is 7.43 Å². The zero-order valence-electron chi connectivity index (χ0n) is 18.8. The van der Waals surface area contributed by atoms with E-state index in [1.807, 2.05) is 91.0 Å². The highest BCUT2D eigenvalue weighted by molar-refractivity contribution is 8.44. The van der Waals surface area contributed by atoms with E-state index >= 15 is 0 Å². The molecule has 40 heavy (non-hydrogen) atoms. The highest BCUT2D eigenvalue weighted by Crippen LogP contribution is 2.54. The van der Waals surface area contributed by atoms with Gasteiger partial charge in [0.1, 0.15) is 14.7 Å². The van der Waals surface area contributed by atoms with Crippen LogP contribution in [0.2, 0.25) is 0 Å². The predicted octanol–water partition coefficient (Wildman–Crippen LogP) is 6.71. The van der Waals surface area contributed by atoms with Crippen molar-refractivity contribution in [3.63, 3.8) is 0 Å². The Morgan fingerprint density at radius 1 is 0.575 bits per heavy atom. The molecule has 0 aromatic heterocycles. The maximum absolute atomic E-state index is 12.5. The molecular formula is C23H19F9O5S3. The molecule has 0 N–H and O–H groups in total. The first-order valence-corrected chi connectivity index (χ1v) is 14.6. The van der Waals surface area contributed by atoms with Gasteiger partial charge in [-0.25, -0.2) is 8.42 Å². The second-order valence-electron chi connectivity index (χ2n) is 7.32. The second-order valence-corrected chi connectivity index (χ2v) is 14.0. The molecule has 0 aliphatic heterocycles. The van der Waals surface area contributed by atoms with E-state index in [2.05, 4.69) is 0 Å². The summed E-state index contributed by atoms with van der Waals surface area (Å²) in [7, 11) is -12.0. The molecule has 0 radical (unpaired) electrons. The molecule has 5 nitrogen and oxygen atoms in total. The fourth-order valence-corrected chi connectivity index (χ4v) is 8.76. The van der Waals surface area contributed by atoms with Gasteiger partial charge in [0.2, 0.25) is 0 Å². The molecule has 0 aliphatic carbocycles. The van der Waals surface area contributed by atoms with Gasteiger partial charge in [-0.05, 0) is 36.4 Å². The van der Waals surface area contributed by atoms with Crippen molar-refractivity contribution in [2.24, 2.45) is 0 Å². The normalized spacial score (nSPS) is 12.9. The zero-order chi connectivity index (χ0) is 29.9. The first-order valence-electron chi connectivity index (χ1n) is 10.00. The summed E-state index contributed by atoms with van der Waals surface area (Å²) in [6.45, 7) is 0. The van der Waals surface area contributed by atoms with Crippen LogP contribution in [0.4, 0.5) is 39.5 Å². The maximum Gasteiger partial charge on any atom is 0.460 e. The molecule has 0 saturated heterocycles. The maximum atomic E-state index is 12.5. The van der Waals surface area contributed by atoms with Crippen LogP contribution in [0.25, 0.3) is 0 Å². The van der Waals surface area contributed by atoms with Crippen LogP contribution >= 0.6 is 0 Å². The van der Waals surface area contributed by atoms with Crippen molar-refractivity contribution in [2.45, 2.75) is 45.4 Å². The summed E-state index contributed by atoms with van der Waals surface area (Å²) >= 11 is 0. The molecule has 3 aromatic rings. The van der Waals surface area contributed by atoms with Crippen molar-refractivity contribution in [1.29, 1.82) is 0 Å². The average molecular weight is 643 g/mol. The van der Waals surface area contributed by atoms with Gasteiger partial charge in [-0.15, -0.1) is 8.42 Å². The Hall–Kier alpha value is -2.89. The molecule has 0 amide bonds. The van der Waals surface area contributed by atoms with E-state index in [0.29, 0.717) is 0 Å². The number of benzene rings is 3. The Labute approximate surface area is 225 Å². The first kappa shape index (κ1) is 35.1. The molecule has 0 spiro atoms. The van der Waals surface area contributed by atoms with Crippen molar-refractivity contribution in [3.05, 3.63) is 91.0 Å². The van der Waals surface area contributed by atoms with Gasteiger partial charge in [0.25, 0.3) is 0 Å². The topological polar surface area (TPSA) is 91.3 Å². The third-order valence-corrected chi connectivity index (χ3v) is 11.9. The van der Waals surface area contributed by atoms with Gasteiger partial charge in [-0.3, -0.25) is 0 Å². The summed E-state index contributed by atoms with van der Waals surface area (Å²) in [5.41, 5.74) is 0.